The van der Waals surface area contributed by atoms with Crippen molar-refractivity contribution in [3.63, 3.8) is 0 Å². The maximum atomic E-state index is 12.3. The first-order valence-electron chi connectivity index (χ1n) is 8.46. The van der Waals surface area contributed by atoms with Crippen LogP contribution in [0.5, 0.6) is 0 Å². The van der Waals surface area contributed by atoms with E-state index in [1.54, 1.807) is 11.8 Å². The van der Waals surface area contributed by atoms with Crippen molar-refractivity contribution in [3.8, 4) is 0 Å². The number of hydrogen-bond donors (Lipinski definition) is 2. The molecule has 2 atom stereocenters. The summed E-state index contributed by atoms with van der Waals surface area (Å²) >= 11 is 1.69. The van der Waals surface area contributed by atoms with E-state index in [4.69, 9.17) is 5.73 Å². The van der Waals surface area contributed by atoms with Gasteiger partial charge in [-0.3, -0.25) is 9.59 Å². The molecule has 0 aromatic heterocycles. The molecule has 140 valence electrons. The maximum Gasteiger partial charge on any atom is 0.237 e. The smallest absolute Gasteiger partial charge is 0.237 e. The molecule has 1 aromatic rings. The molecule has 0 bridgehead atoms. The number of rotatable bonds is 8. The van der Waals surface area contributed by atoms with Crippen molar-refractivity contribution in [1.82, 2.24) is 10.2 Å². The van der Waals surface area contributed by atoms with E-state index in [1.165, 1.54) is 5.56 Å². The summed E-state index contributed by atoms with van der Waals surface area (Å²) in [5, 5.41) is 2.98. The van der Waals surface area contributed by atoms with Crippen LogP contribution in [-0.4, -0.2) is 53.9 Å². The zero-order valence-electron chi connectivity index (χ0n) is 14.6. The third kappa shape index (κ3) is 7.26. The van der Waals surface area contributed by atoms with Gasteiger partial charge in [-0.05, 0) is 36.8 Å². The minimum Gasteiger partial charge on any atom is -0.350 e. The van der Waals surface area contributed by atoms with Gasteiger partial charge in [0, 0.05) is 25.6 Å². The van der Waals surface area contributed by atoms with Crippen LogP contribution in [0.2, 0.25) is 0 Å². The average molecular weight is 386 g/mol. The Morgan fingerprint density at radius 2 is 2.08 bits per heavy atom. The summed E-state index contributed by atoms with van der Waals surface area (Å²) in [4.78, 5) is 26.2. The molecule has 0 saturated carbocycles. The van der Waals surface area contributed by atoms with Crippen LogP contribution in [0.1, 0.15) is 24.8 Å². The van der Waals surface area contributed by atoms with E-state index in [2.05, 4.69) is 5.32 Å². The molecular weight excluding hydrogens is 358 g/mol. The van der Waals surface area contributed by atoms with Gasteiger partial charge in [-0.2, -0.15) is 11.8 Å². The van der Waals surface area contributed by atoms with Crippen molar-refractivity contribution < 1.29 is 9.59 Å². The van der Waals surface area contributed by atoms with Crippen molar-refractivity contribution in [2.45, 2.75) is 37.8 Å². The fourth-order valence-electron chi connectivity index (χ4n) is 2.84. The van der Waals surface area contributed by atoms with Crippen LogP contribution in [0, 0.1) is 0 Å². The number of amides is 2. The Morgan fingerprint density at radius 1 is 1.36 bits per heavy atom. The molecular formula is C18H28ClN3O2S. The van der Waals surface area contributed by atoms with Crippen LogP contribution in [0.25, 0.3) is 0 Å². The topological polar surface area (TPSA) is 75.4 Å². The quantitative estimate of drug-likeness (QED) is 0.716. The third-order valence-corrected chi connectivity index (χ3v) is 4.97. The third-order valence-electron chi connectivity index (χ3n) is 4.33. The minimum atomic E-state index is -0.458. The Morgan fingerprint density at radius 3 is 2.76 bits per heavy atom. The molecule has 5 nitrogen and oxygen atoms in total. The van der Waals surface area contributed by atoms with Crippen LogP contribution in [-0.2, 0) is 16.0 Å². The van der Waals surface area contributed by atoms with Crippen LogP contribution >= 0.6 is 24.2 Å². The highest BCUT2D eigenvalue weighted by Gasteiger charge is 2.28. The van der Waals surface area contributed by atoms with Gasteiger partial charge in [0.2, 0.25) is 11.8 Å². The van der Waals surface area contributed by atoms with Crippen molar-refractivity contribution in [3.05, 3.63) is 35.9 Å². The predicted molar refractivity (Wildman–Crippen MR) is 106 cm³/mol. The number of nitrogens with zero attached hydrogens (tertiary/aromatic N) is 1. The molecule has 1 fully saturated rings. The molecule has 7 heteroatoms. The normalized spacial score (nSPS) is 17.7. The number of hydrogen-bond acceptors (Lipinski definition) is 4. The summed E-state index contributed by atoms with van der Waals surface area (Å²) in [5.41, 5.74) is 7.06. The van der Waals surface area contributed by atoms with Gasteiger partial charge in [0.15, 0.2) is 0 Å². The number of nitrogens with two attached hydrogens (primary N) is 1. The van der Waals surface area contributed by atoms with Gasteiger partial charge >= 0.3 is 0 Å². The molecule has 1 aromatic carbocycles. The Hall–Kier alpha value is -1.24. The summed E-state index contributed by atoms with van der Waals surface area (Å²) in [6, 6.07) is 9.59. The van der Waals surface area contributed by atoms with E-state index in [0.29, 0.717) is 25.9 Å². The van der Waals surface area contributed by atoms with Crippen LogP contribution in [0.4, 0.5) is 0 Å². The zero-order chi connectivity index (χ0) is 17.4. The highest BCUT2D eigenvalue weighted by Crippen LogP contribution is 2.13. The lowest BCUT2D eigenvalue weighted by Gasteiger charge is -2.18. The Kier molecular flexibility index (Phi) is 9.93. The number of aryl methyl sites for hydroxylation is 1. The largest absolute Gasteiger partial charge is 0.350 e. The molecule has 1 aliphatic heterocycles. The van der Waals surface area contributed by atoms with Crippen molar-refractivity contribution in [2.24, 2.45) is 5.73 Å². The molecule has 0 radical (unpaired) electrons. The first kappa shape index (κ1) is 21.8. The summed E-state index contributed by atoms with van der Waals surface area (Å²) < 4.78 is 0. The number of carbonyl (C=O) groups excluding carboxylic acids is 2. The monoisotopic (exact) mass is 385 g/mol. The number of thioether (sulfide) groups is 1. The van der Waals surface area contributed by atoms with Crippen LogP contribution in [0.3, 0.4) is 0 Å². The zero-order valence-corrected chi connectivity index (χ0v) is 16.3. The first-order chi connectivity index (χ1) is 11.6. The summed E-state index contributed by atoms with van der Waals surface area (Å²) in [6.45, 7) is 1.30. The van der Waals surface area contributed by atoms with Crippen molar-refractivity contribution in [2.75, 3.05) is 25.1 Å². The molecule has 0 spiro atoms. The maximum absolute atomic E-state index is 12.3. The Bertz CT molecular complexity index is 544. The molecule has 25 heavy (non-hydrogen) atoms. The van der Waals surface area contributed by atoms with Crippen LogP contribution in [0.15, 0.2) is 30.3 Å². The van der Waals surface area contributed by atoms with E-state index in [9.17, 15) is 9.59 Å². The standard InChI is InChI=1S/C18H27N3O2S.ClH/c1-24-12-10-16(19)18(23)20-15-9-11-21(13-15)17(22)8-7-14-5-3-2-4-6-14;/h2-6,15-16H,7-13,19H2,1H3,(H,20,23);1H/t15?,16-;/m0./s1. The van der Waals surface area contributed by atoms with Gasteiger partial charge < -0.3 is 16.0 Å². The first-order valence-corrected chi connectivity index (χ1v) is 9.86. The van der Waals surface area contributed by atoms with Gasteiger partial charge in [-0.15, -0.1) is 12.4 Å². The van der Waals surface area contributed by atoms with Gasteiger partial charge in [0.05, 0.1) is 6.04 Å². The second-order valence-corrected chi connectivity index (χ2v) is 7.19. The highest BCUT2D eigenvalue weighted by atomic mass is 35.5. The second kappa shape index (κ2) is 11.4. The summed E-state index contributed by atoms with van der Waals surface area (Å²) in [5.74, 6) is 0.929. The number of halogens is 1. The molecule has 1 heterocycles. The Balaban J connectivity index is 0.00000312. The molecule has 2 rings (SSSR count). The molecule has 0 aliphatic carbocycles. The van der Waals surface area contributed by atoms with Crippen molar-refractivity contribution >= 4 is 36.0 Å². The van der Waals surface area contributed by atoms with Gasteiger partial charge in [0.1, 0.15) is 0 Å². The highest BCUT2D eigenvalue weighted by molar-refractivity contribution is 7.98. The van der Waals surface area contributed by atoms with Gasteiger partial charge in [-0.1, -0.05) is 30.3 Å². The fraction of sp³-hybridized carbons (Fsp3) is 0.556. The number of nitrogens with one attached hydrogen (secondary N) is 1. The van der Waals surface area contributed by atoms with E-state index < -0.39 is 6.04 Å². The lowest BCUT2D eigenvalue weighted by atomic mass is 10.1. The lowest BCUT2D eigenvalue weighted by Crippen LogP contribution is -2.46. The number of benzene rings is 1. The van der Waals surface area contributed by atoms with E-state index in [0.717, 1.165) is 18.6 Å². The SMILES string of the molecule is CSCC[C@H](N)C(=O)NC1CCN(C(=O)CCc2ccccc2)C1.Cl. The van der Waals surface area contributed by atoms with E-state index in [1.807, 2.05) is 41.5 Å². The summed E-state index contributed by atoms with van der Waals surface area (Å²) in [7, 11) is 0. The number of carbonyl (C=O) groups is 2. The molecule has 3 N–H and O–H groups in total. The molecule has 1 unspecified atom stereocenters. The minimum absolute atomic E-state index is 0. The summed E-state index contributed by atoms with van der Waals surface area (Å²) in [6.07, 6.45) is 4.75. The van der Waals surface area contributed by atoms with Crippen LogP contribution < -0.4 is 11.1 Å². The van der Waals surface area contributed by atoms with Crippen molar-refractivity contribution in [1.29, 1.82) is 0 Å². The molecule has 1 aliphatic rings. The lowest BCUT2D eigenvalue weighted by molar-refractivity contribution is -0.130. The van der Waals surface area contributed by atoms with Gasteiger partial charge in [-0.25, -0.2) is 0 Å². The van der Waals surface area contributed by atoms with E-state index >= 15 is 0 Å². The van der Waals surface area contributed by atoms with E-state index in [-0.39, 0.29) is 30.3 Å². The number of likely N-dealkylation sites (tertiary alicyclic amines) is 1. The molecule has 1 saturated heterocycles. The second-order valence-electron chi connectivity index (χ2n) is 6.21. The fourth-order valence-corrected chi connectivity index (χ4v) is 3.33. The average Bonchev–Trinajstić information content (AvgIpc) is 3.07. The molecule has 2 amide bonds. The Labute approximate surface area is 160 Å². The predicted octanol–water partition coefficient (Wildman–Crippen LogP) is 1.84. The van der Waals surface area contributed by atoms with Gasteiger partial charge in [0.25, 0.3) is 0 Å².